The summed E-state index contributed by atoms with van der Waals surface area (Å²) in [7, 11) is 6.52. The topological polar surface area (TPSA) is 526 Å². The molecule has 7 aromatic rings. The Morgan fingerprint density at radius 2 is 0.916 bits per heavy atom. The number of phenols is 2. The van der Waals surface area contributed by atoms with E-state index in [0.717, 1.165) is 41.8 Å². The number of unbranched alkanes of at least 4 members (excludes halogenated alkanes) is 1. The number of phenolic OH excluding ortho intramolecular Hbond substituents is 2. The highest BCUT2D eigenvalue weighted by Crippen LogP contribution is 2.25. The van der Waals surface area contributed by atoms with Crippen molar-refractivity contribution in [1.82, 2.24) is 77.3 Å². The summed E-state index contributed by atoms with van der Waals surface area (Å²) in [6, 6.07) is 25.3. The molecule has 11 atom stereocenters. The van der Waals surface area contributed by atoms with E-state index >= 15 is 38.4 Å². The van der Waals surface area contributed by atoms with E-state index < -0.39 is 205 Å². The predicted octanol–water partition coefficient (Wildman–Crippen LogP) is 1.79. The van der Waals surface area contributed by atoms with Crippen LogP contribution in [0.2, 0.25) is 0 Å². The first kappa shape index (κ1) is 103. The number of hydrogen-bond acceptors (Lipinski definition) is 20. The number of aliphatic carboxylic acids is 1. The van der Waals surface area contributed by atoms with Crippen molar-refractivity contribution in [2.24, 2.45) is 23.3 Å². The van der Waals surface area contributed by atoms with Gasteiger partial charge in [0.25, 0.3) is 0 Å². The van der Waals surface area contributed by atoms with Gasteiger partial charge in [-0.3, -0.25) is 76.7 Å². The van der Waals surface area contributed by atoms with Crippen LogP contribution in [0.15, 0.2) is 164 Å². The lowest BCUT2D eigenvalue weighted by Gasteiger charge is -2.37. The number of carboxylic acid groups (broad SMARTS) is 1. The van der Waals surface area contributed by atoms with Crippen LogP contribution in [0.3, 0.4) is 0 Å². The molecular formula is C94H121N17O19S. The van der Waals surface area contributed by atoms with E-state index in [-0.39, 0.29) is 75.3 Å². The number of aromatic nitrogens is 1. The summed E-state index contributed by atoms with van der Waals surface area (Å²) >= 11 is 0.820. The number of fused-ring (bicyclic) bond motifs is 1. The molecule has 36 nitrogen and oxygen atoms in total. The van der Waals surface area contributed by atoms with Gasteiger partial charge in [-0.15, -0.1) is 11.8 Å². The lowest BCUT2D eigenvalue weighted by molar-refractivity contribution is -0.151. The maximum absolute atomic E-state index is 15.6. The van der Waals surface area contributed by atoms with Crippen molar-refractivity contribution in [3.05, 3.63) is 203 Å². The molecule has 0 radical (unpaired) electrons. The van der Waals surface area contributed by atoms with Gasteiger partial charge in [0.05, 0.1) is 31.8 Å². The van der Waals surface area contributed by atoms with E-state index in [1.165, 1.54) is 83.8 Å². The number of nitrogens with zero attached hydrogens (tertiary/aromatic N) is 5. The largest absolute Gasteiger partial charge is 0.508 e. The monoisotopic (exact) mass is 1820 g/mol. The highest BCUT2D eigenvalue weighted by atomic mass is 32.2. The fraction of sp³-hybridized carbons (Fsp3) is 0.426. The number of carbonyl (C=O) groups excluding carboxylic acids is 15. The van der Waals surface area contributed by atoms with Crippen molar-refractivity contribution in [2.75, 3.05) is 66.4 Å². The Hall–Kier alpha value is -13.7. The zero-order valence-electron chi connectivity index (χ0n) is 75.3. The molecule has 131 heavy (non-hydrogen) atoms. The second-order valence-electron chi connectivity index (χ2n) is 33.6. The van der Waals surface area contributed by atoms with E-state index in [9.17, 15) is 53.7 Å². The number of thioether (sulfide) groups is 1. The number of amides is 15. The number of aromatic amines is 1. The molecule has 1 fully saturated rings. The van der Waals surface area contributed by atoms with E-state index in [1.54, 1.807) is 143 Å². The van der Waals surface area contributed by atoms with Gasteiger partial charge in [-0.1, -0.05) is 175 Å². The van der Waals surface area contributed by atoms with Crippen LogP contribution in [-0.2, 0) is 122 Å². The number of nitrogens with two attached hydrogens (primary N) is 2. The minimum Gasteiger partial charge on any atom is -0.508 e. The fourth-order valence-corrected chi connectivity index (χ4v) is 16.0. The van der Waals surface area contributed by atoms with E-state index in [0.29, 0.717) is 57.1 Å². The molecule has 15 amide bonds. The molecule has 1 saturated heterocycles. The first-order valence-corrected chi connectivity index (χ1v) is 44.5. The maximum atomic E-state index is 15.6. The Balaban J connectivity index is 1.22. The summed E-state index contributed by atoms with van der Waals surface area (Å²) in [5.74, 6) is -17.6. The van der Waals surface area contributed by atoms with Gasteiger partial charge in [0.2, 0.25) is 88.6 Å². The number of aromatic hydroxyl groups is 2. The number of carbonyl (C=O) groups is 16. The Morgan fingerprint density at radius 3 is 1.46 bits per heavy atom. The minimum absolute atomic E-state index is 0.0208. The van der Waals surface area contributed by atoms with Crippen LogP contribution in [-0.4, -0.2) is 272 Å². The van der Waals surface area contributed by atoms with Gasteiger partial charge in [0.1, 0.15) is 78.0 Å². The molecule has 702 valence electrons. The molecule has 1 aliphatic heterocycles. The number of H-pyrrole nitrogens is 1. The molecule has 1 aliphatic rings. The van der Waals surface area contributed by atoms with Crippen molar-refractivity contribution in [3.8, 4) is 11.5 Å². The molecule has 6 aromatic carbocycles. The van der Waals surface area contributed by atoms with Crippen LogP contribution in [0.25, 0.3) is 10.9 Å². The van der Waals surface area contributed by atoms with E-state index in [4.69, 9.17) is 11.5 Å². The highest BCUT2D eigenvalue weighted by molar-refractivity contribution is 8.00. The smallest absolute Gasteiger partial charge is 0.305 e. The Labute approximate surface area is 765 Å². The molecule has 0 spiro atoms. The summed E-state index contributed by atoms with van der Waals surface area (Å²) < 4.78 is 0. The number of hydrogen-bond donors (Lipinski definition) is 15. The zero-order chi connectivity index (χ0) is 95.9. The van der Waals surface area contributed by atoms with Crippen LogP contribution in [0, 0.1) is 11.8 Å². The summed E-state index contributed by atoms with van der Waals surface area (Å²) in [5, 5.41) is 55.6. The standard InChI is InChI=1S/C94H121N17O19S/c1-11-12-27-75-92(128)108(7)52-80(116)100-71(47-82(118)119)88(124)106-83(56(4)5)94(130)110(9)76(44-57-21-15-13-16-22-57)89(125)104-72(42-61-34-38-65(113)39-35-61)90(126)107(6)51-79(115)99-70(46-63-49-97-67-26-20-19-25-66(63)67)87(123)103-69(41-60-32-36-64(112)37-33-60)86(122)102-68(40-55(2)3)85(121)105-74(84(120)98-50-78(96)114)53-131-54-81(117)101-73(43-59-28-30-62(48-95)31-29-59)91(127)111(10)77(93(129)109(75)8)45-58-23-17-14-18-24-58/h13-26,28-39,49,55-56,68-77,83,97,112-113H,11-12,27,40-48,50-54,95H2,1-10H3,(H2,96,114)(H,98,120)(H,99,115)(H,100,116)(H,101,117)(H,102,122)(H,103,123)(H,104,125)(H,105,121)(H,106,124)(H,118,119)/t68-,69-,70-,71-,72-,73-,74-,75-,76-,77-,83-/m0/s1. The Kier molecular flexibility index (Phi) is 39.0. The molecule has 0 saturated carbocycles. The van der Waals surface area contributed by atoms with Crippen LogP contribution >= 0.6 is 11.8 Å². The van der Waals surface area contributed by atoms with Gasteiger partial charge in [-0.05, 0) is 94.0 Å². The SMILES string of the molecule is CCCC[C@H]1C(=O)N(C)CC(=O)N[C@@H](CC(=O)O)C(=O)N[C@@H](C(C)C)C(=O)N(C)[C@@H](Cc2ccccc2)C(=O)N[C@@H](Cc2ccc(O)cc2)C(=O)N(C)CC(=O)N[C@@H](Cc2c[nH]c3ccccc23)C(=O)N[C@@H](Cc2ccc(O)cc2)C(=O)N[C@@H](CC(C)C)C(=O)N[C@H](C(=O)NCC(N)=O)CSCC(=O)N[C@@H](Cc2ccc(CN)cc2)C(=O)N(C)[C@@H](Cc2ccccc2)C(=O)N1C. The third kappa shape index (κ3) is 31.0. The molecule has 17 N–H and O–H groups in total. The number of primary amides is 1. The predicted molar refractivity (Wildman–Crippen MR) is 490 cm³/mol. The fourth-order valence-electron chi connectivity index (χ4n) is 15.1. The van der Waals surface area contributed by atoms with Crippen molar-refractivity contribution >= 4 is 117 Å². The summed E-state index contributed by atoms with van der Waals surface area (Å²) in [5.41, 5.74) is 15.8. The first-order valence-electron chi connectivity index (χ1n) is 43.3. The molecule has 0 unspecified atom stereocenters. The molecule has 8 rings (SSSR count). The number of likely N-dealkylation sites (N-methyl/N-ethyl adjacent to an activating group) is 5. The summed E-state index contributed by atoms with van der Waals surface area (Å²) in [6.07, 6.45) is -0.0101. The lowest BCUT2D eigenvalue weighted by atomic mass is 9.98. The number of para-hydroxylation sites is 1. The van der Waals surface area contributed by atoms with Gasteiger partial charge in [0.15, 0.2) is 0 Å². The normalized spacial score (nSPS) is 21.8. The van der Waals surface area contributed by atoms with Crippen molar-refractivity contribution < 1.29 is 92.0 Å². The second-order valence-corrected chi connectivity index (χ2v) is 34.6. The van der Waals surface area contributed by atoms with Crippen molar-refractivity contribution in [3.63, 3.8) is 0 Å². The van der Waals surface area contributed by atoms with Gasteiger partial charge < -0.3 is 104 Å². The Bertz CT molecular complexity index is 5140. The summed E-state index contributed by atoms with van der Waals surface area (Å²) in [6.45, 7) is 6.31. The first-order chi connectivity index (χ1) is 62.3. The third-order valence-corrected chi connectivity index (χ3v) is 23.5. The highest BCUT2D eigenvalue weighted by Gasteiger charge is 2.42. The number of carboxylic acids is 1. The van der Waals surface area contributed by atoms with Gasteiger partial charge in [0, 0.05) is 103 Å². The second kappa shape index (κ2) is 49.7. The average molecular weight is 1830 g/mol. The number of rotatable bonds is 24. The molecule has 0 aliphatic carbocycles. The zero-order valence-corrected chi connectivity index (χ0v) is 76.1. The van der Waals surface area contributed by atoms with Gasteiger partial charge in [-0.2, -0.15) is 0 Å². The molecular weight excluding hydrogens is 1700 g/mol. The van der Waals surface area contributed by atoms with Crippen LogP contribution in [0.5, 0.6) is 11.5 Å². The van der Waals surface area contributed by atoms with Gasteiger partial charge in [-0.25, -0.2) is 0 Å². The maximum Gasteiger partial charge on any atom is 0.305 e. The van der Waals surface area contributed by atoms with E-state index in [2.05, 4.69) is 52.8 Å². The van der Waals surface area contributed by atoms with Crippen LogP contribution in [0.4, 0.5) is 0 Å². The molecule has 2 heterocycles. The molecule has 1 aromatic heterocycles. The number of nitrogens with one attached hydrogen (secondary N) is 10. The minimum atomic E-state index is -1.91. The Morgan fingerprint density at radius 1 is 0.466 bits per heavy atom. The van der Waals surface area contributed by atoms with Crippen LogP contribution < -0.4 is 59.3 Å². The summed E-state index contributed by atoms with van der Waals surface area (Å²) in [4.78, 5) is 244. The lowest BCUT2D eigenvalue weighted by Crippen LogP contribution is -2.61. The van der Waals surface area contributed by atoms with Crippen molar-refractivity contribution in [2.45, 2.75) is 178 Å². The van der Waals surface area contributed by atoms with E-state index in [1.807, 2.05) is 6.92 Å². The van der Waals surface area contributed by atoms with Gasteiger partial charge >= 0.3 is 5.97 Å². The number of benzene rings is 6. The van der Waals surface area contributed by atoms with Crippen molar-refractivity contribution in [1.29, 1.82) is 0 Å². The van der Waals surface area contributed by atoms with Crippen LogP contribution in [0.1, 0.15) is 106 Å². The average Bonchev–Trinajstić information content (AvgIpc) is 0.863. The third-order valence-electron chi connectivity index (χ3n) is 22.5. The molecule has 37 heteroatoms. The molecule has 0 bridgehead atoms. The quantitative estimate of drug-likeness (QED) is 0.0410.